The molecule has 7 nitrogen and oxygen atoms in total. The zero-order valence-electron chi connectivity index (χ0n) is 19.7. The van der Waals surface area contributed by atoms with Crippen LogP contribution in [-0.2, 0) is 10.5 Å². The van der Waals surface area contributed by atoms with Gasteiger partial charge in [0.15, 0.2) is 11.5 Å². The molecular weight excluding hydrogens is 492 g/mol. The lowest BCUT2D eigenvalue weighted by Crippen LogP contribution is -2.44. The van der Waals surface area contributed by atoms with Crippen molar-refractivity contribution in [1.82, 2.24) is 10.2 Å². The lowest BCUT2D eigenvalue weighted by atomic mass is 9.82. The third-order valence-corrected chi connectivity index (χ3v) is 7.18. The van der Waals surface area contributed by atoms with Crippen LogP contribution in [0.15, 0.2) is 95.3 Å². The van der Waals surface area contributed by atoms with E-state index in [0.717, 1.165) is 5.56 Å². The van der Waals surface area contributed by atoms with Gasteiger partial charge in [-0.1, -0.05) is 53.6 Å². The van der Waals surface area contributed by atoms with E-state index >= 15 is 0 Å². The van der Waals surface area contributed by atoms with Gasteiger partial charge in [-0.25, -0.2) is 4.79 Å². The van der Waals surface area contributed by atoms with E-state index in [2.05, 4.69) is 5.32 Å². The van der Waals surface area contributed by atoms with Crippen molar-refractivity contribution in [3.8, 4) is 5.75 Å². The highest BCUT2D eigenvalue weighted by atomic mass is 35.5. The number of aryl methyl sites for hydroxylation is 1. The molecule has 37 heavy (non-hydrogen) atoms. The summed E-state index contributed by atoms with van der Waals surface area (Å²) in [5, 5.41) is 16.1. The SMILES string of the molecule is Cc1ccc(C2(O)/C(=C3/C(=O)Oc4ccccc4C3=O)C(C(=O)c3ccc(Cl)cc3)=C3NCCN32)cc1. The van der Waals surface area contributed by atoms with Crippen molar-refractivity contribution in [2.24, 2.45) is 0 Å². The molecule has 6 rings (SSSR count). The Kier molecular flexibility index (Phi) is 5.29. The Bertz CT molecular complexity index is 1560. The van der Waals surface area contributed by atoms with Crippen molar-refractivity contribution in [3.05, 3.63) is 123 Å². The number of ether oxygens (including phenoxy) is 1. The van der Waals surface area contributed by atoms with Crippen molar-refractivity contribution < 1.29 is 24.2 Å². The molecule has 0 spiro atoms. The standard InChI is InChI=1S/C29H21ClN2O5/c1-16-6-10-18(11-7-16)29(36)24(23-26(34)20-4-2-3-5-21(20)37-28(23)35)22(27-31-14-15-32(27)29)25(33)17-8-12-19(30)13-9-17/h2-13,31,36H,14-15H2,1H3/b24-23+. The second-order valence-corrected chi connectivity index (χ2v) is 9.58. The summed E-state index contributed by atoms with van der Waals surface area (Å²) in [6, 6.07) is 19.8. The number of Topliss-reactive ketones (excluding diaryl/α,β-unsaturated/α-hetero) is 2. The van der Waals surface area contributed by atoms with Gasteiger partial charge in [0.25, 0.3) is 0 Å². The molecule has 1 fully saturated rings. The van der Waals surface area contributed by atoms with Crippen LogP contribution in [0.25, 0.3) is 0 Å². The summed E-state index contributed by atoms with van der Waals surface area (Å²) < 4.78 is 5.53. The zero-order chi connectivity index (χ0) is 25.9. The number of nitrogens with one attached hydrogen (secondary N) is 1. The number of para-hydroxylation sites is 1. The summed E-state index contributed by atoms with van der Waals surface area (Å²) in [6.07, 6.45) is 0. The molecule has 0 amide bonds. The van der Waals surface area contributed by atoms with Crippen LogP contribution in [0.1, 0.15) is 31.8 Å². The molecule has 0 aliphatic carbocycles. The normalized spacial score (nSPS) is 22.5. The average Bonchev–Trinajstić information content (AvgIpc) is 3.46. The van der Waals surface area contributed by atoms with Crippen LogP contribution in [0.5, 0.6) is 5.75 Å². The number of nitrogens with zero attached hydrogens (tertiary/aromatic N) is 1. The molecule has 8 heteroatoms. The fourth-order valence-corrected chi connectivity index (χ4v) is 5.28. The summed E-state index contributed by atoms with van der Waals surface area (Å²) >= 11 is 6.04. The minimum absolute atomic E-state index is 0.0441. The number of halogens is 1. The first kappa shape index (κ1) is 23.2. The Hall–Kier alpha value is -4.20. The van der Waals surface area contributed by atoms with Gasteiger partial charge in [-0.15, -0.1) is 0 Å². The average molecular weight is 513 g/mol. The van der Waals surface area contributed by atoms with Crippen LogP contribution >= 0.6 is 11.6 Å². The molecule has 1 saturated heterocycles. The Morgan fingerprint density at radius 1 is 1.03 bits per heavy atom. The van der Waals surface area contributed by atoms with E-state index in [9.17, 15) is 19.5 Å². The maximum absolute atomic E-state index is 14.0. The van der Waals surface area contributed by atoms with Crippen molar-refractivity contribution in [2.45, 2.75) is 12.6 Å². The van der Waals surface area contributed by atoms with E-state index in [1.165, 1.54) is 6.07 Å². The molecule has 1 unspecified atom stereocenters. The third-order valence-electron chi connectivity index (χ3n) is 6.93. The van der Waals surface area contributed by atoms with E-state index in [-0.39, 0.29) is 28.0 Å². The summed E-state index contributed by atoms with van der Waals surface area (Å²) in [6.45, 7) is 2.72. The van der Waals surface area contributed by atoms with E-state index in [1.54, 1.807) is 59.5 Å². The molecule has 1 atom stereocenters. The summed E-state index contributed by atoms with van der Waals surface area (Å²) in [7, 11) is 0. The van der Waals surface area contributed by atoms with Crippen LogP contribution in [0, 0.1) is 6.92 Å². The lowest BCUT2D eigenvalue weighted by molar-refractivity contribution is -0.130. The zero-order valence-corrected chi connectivity index (χ0v) is 20.5. The molecule has 0 radical (unpaired) electrons. The topological polar surface area (TPSA) is 95.9 Å². The molecule has 3 aliphatic rings. The highest BCUT2D eigenvalue weighted by Gasteiger charge is 2.56. The second-order valence-electron chi connectivity index (χ2n) is 9.14. The number of carbonyl (C=O) groups is 3. The van der Waals surface area contributed by atoms with E-state index in [0.29, 0.717) is 35.1 Å². The minimum Gasteiger partial charge on any atom is -0.422 e. The number of hydrogen-bond acceptors (Lipinski definition) is 7. The van der Waals surface area contributed by atoms with Crippen LogP contribution in [0.3, 0.4) is 0 Å². The fraction of sp³-hybridized carbons (Fsp3) is 0.138. The van der Waals surface area contributed by atoms with Crippen LogP contribution in [0.4, 0.5) is 0 Å². The van der Waals surface area contributed by atoms with Gasteiger partial charge in [-0.3, -0.25) is 9.59 Å². The number of hydrogen-bond donors (Lipinski definition) is 2. The maximum Gasteiger partial charge on any atom is 0.348 e. The van der Waals surface area contributed by atoms with Gasteiger partial charge in [0.05, 0.1) is 11.1 Å². The summed E-state index contributed by atoms with van der Waals surface area (Å²) in [5.74, 6) is -1.51. The number of benzene rings is 3. The van der Waals surface area contributed by atoms with Gasteiger partial charge >= 0.3 is 5.97 Å². The molecule has 0 aromatic heterocycles. The highest BCUT2D eigenvalue weighted by Crippen LogP contribution is 2.51. The van der Waals surface area contributed by atoms with Crippen molar-refractivity contribution >= 4 is 29.1 Å². The number of rotatable bonds is 3. The van der Waals surface area contributed by atoms with Gasteiger partial charge in [0.1, 0.15) is 17.1 Å². The van der Waals surface area contributed by atoms with E-state index in [1.807, 2.05) is 19.1 Å². The van der Waals surface area contributed by atoms with E-state index < -0.39 is 23.3 Å². The largest absolute Gasteiger partial charge is 0.422 e. The molecule has 3 aliphatic heterocycles. The van der Waals surface area contributed by atoms with Crippen molar-refractivity contribution in [2.75, 3.05) is 13.1 Å². The Morgan fingerprint density at radius 3 is 2.46 bits per heavy atom. The first-order valence-corrected chi connectivity index (χ1v) is 12.1. The minimum atomic E-state index is -1.97. The van der Waals surface area contributed by atoms with Crippen molar-refractivity contribution in [1.29, 1.82) is 0 Å². The second kappa shape index (κ2) is 8.44. The molecule has 0 saturated carbocycles. The first-order valence-electron chi connectivity index (χ1n) is 11.8. The maximum atomic E-state index is 14.0. The summed E-state index contributed by atoms with van der Waals surface area (Å²) in [5.41, 5.74) is -0.538. The summed E-state index contributed by atoms with van der Waals surface area (Å²) in [4.78, 5) is 42.8. The van der Waals surface area contributed by atoms with Crippen LogP contribution in [0.2, 0.25) is 5.02 Å². The Labute approximate surface area is 217 Å². The highest BCUT2D eigenvalue weighted by molar-refractivity contribution is 6.31. The smallest absolute Gasteiger partial charge is 0.348 e. The Morgan fingerprint density at radius 2 is 1.73 bits per heavy atom. The number of aliphatic hydroxyl groups is 1. The van der Waals surface area contributed by atoms with Gasteiger partial charge in [-0.05, 0) is 43.3 Å². The van der Waals surface area contributed by atoms with Gasteiger partial charge < -0.3 is 20.1 Å². The predicted molar refractivity (Wildman–Crippen MR) is 136 cm³/mol. The quantitative estimate of drug-likeness (QED) is 0.181. The number of carbonyl (C=O) groups excluding carboxylic acids is 3. The molecule has 184 valence electrons. The lowest BCUT2D eigenvalue weighted by Gasteiger charge is -2.36. The molecular formula is C29H21ClN2O5. The Balaban J connectivity index is 1.66. The molecule has 3 aromatic rings. The molecule has 0 bridgehead atoms. The predicted octanol–water partition coefficient (Wildman–Crippen LogP) is 3.91. The van der Waals surface area contributed by atoms with Crippen LogP contribution < -0.4 is 10.1 Å². The number of ketones is 2. The van der Waals surface area contributed by atoms with Crippen molar-refractivity contribution in [3.63, 3.8) is 0 Å². The molecule has 3 heterocycles. The first-order chi connectivity index (χ1) is 17.8. The third kappa shape index (κ3) is 3.43. The number of fused-ring (bicyclic) bond motifs is 2. The molecule has 2 N–H and O–H groups in total. The van der Waals surface area contributed by atoms with Gasteiger partial charge in [-0.2, -0.15) is 0 Å². The van der Waals surface area contributed by atoms with Gasteiger partial charge in [0, 0.05) is 34.8 Å². The van der Waals surface area contributed by atoms with Crippen LogP contribution in [-0.4, -0.2) is 40.6 Å². The van der Waals surface area contributed by atoms with Gasteiger partial charge in [0.2, 0.25) is 5.78 Å². The molecule has 3 aromatic carbocycles. The monoisotopic (exact) mass is 512 g/mol. The number of esters is 1. The fourth-order valence-electron chi connectivity index (χ4n) is 5.16. The van der Waals surface area contributed by atoms with E-state index in [4.69, 9.17) is 16.3 Å².